The molecule has 0 unspecified atom stereocenters. The average molecular weight is 292 g/mol. The first kappa shape index (κ1) is 12.1. The van der Waals surface area contributed by atoms with Crippen molar-refractivity contribution in [3.63, 3.8) is 0 Å². The van der Waals surface area contributed by atoms with Crippen LogP contribution in [0.4, 0.5) is 10.8 Å². The van der Waals surface area contributed by atoms with Crippen molar-refractivity contribution in [2.45, 2.75) is 0 Å². The van der Waals surface area contributed by atoms with Gasteiger partial charge in [0.05, 0.1) is 5.69 Å². The Balaban J connectivity index is 1.70. The van der Waals surface area contributed by atoms with Crippen LogP contribution in [0.25, 0.3) is 22.3 Å². The lowest BCUT2D eigenvalue weighted by Gasteiger charge is -2.01. The molecule has 1 aromatic carbocycles. The molecule has 4 rings (SSSR count). The molecule has 4 nitrogen and oxygen atoms in total. The number of hydrogen-bond acceptors (Lipinski definition) is 4. The molecular weight excluding hydrogens is 280 g/mol. The molecule has 3 heterocycles. The second-order valence-electron chi connectivity index (χ2n) is 4.63. The molecule has 5 heteroatoms. The molecule has 0 fully saturated rings. The summed E-state index contributed by atoms with van der Waals surface area (Å²) in [5.41, 5.74) is 3.99. The Hall–Kier alpha value is -2.66. The fourth-order valence-electron chi connectivity index (χ4n) is 2.28. The van der Waals surface area contributed by atoms with E-state index in [-0.39, 0.29) is 0 Å². The van der Waals surface area contributed by atoms with Crippen LogP contribution >= 0.6 is 11.3 Å². The SMILES string of the molecule is c1ccc(Nc2nc(-c3ccnc4[nH]ccc34)cs2)cc1. The summed E-state index contributed by atoms with van der Waals surface area (Å²) in [5.74, 6) is 0. The first-order valence-electron chi connectivity index (χ1n) is 6.60. The van der Waals surface area contributed by atoms with E-state index in [0.717, 1.165) is 33.1 Å². The van der Waals surface area contributed by atoms with Gasteiger partial charge in [-0.25, -0.2) is 9.97 Å². The number of nitrogens with zero attached hydrogens (tertiary/aromatic N) is 2. The predicted molar refractivity (Wildman–Crippen MR) is 86.9 cm³/mol. The van der Waals surface area contributed by atoms with Crippen LogP contribution in [0.2, 0.25) is 0 Å². The molecule has 0 aliphatic heterocycles. The van der Waals surface area contributed by atoms with E-state index in [0.29, 0.717) is 0 Å². The van der Waals surface area contributed by atoms with Crippen molar-refractivity contribution in [1.82, 2.24) is 15.0 Å². The van der Waals surface area contributed by atoms with Gasteiger partial charge >= 0.3 is 0 Å². The molecule has 0 aliphatic carbocycles. The third kappa shape index (κ3) is 2.28. The highest BCUT2D eigenvalue weighted by molar-refractivity contribution is 7.14. The lowest BCUT2D eigenvalue weighted by molar-refractivity contribution is 1.32. The Morgan fingerprint density at radius 1 is 1.05 bits per heavy atom. The van der Waals surface area contributed by atoms with Gasteiger partial charge in [0.1, 0.15) is 5.65 Å². The Labute approximate surface area is 125 Å². The van der Waals surface area contributed by atoms with E-state index in [1.807, 2.05) is 48.7 Å². The number of anilines is 2. The van der Waals surface area contributed by atoms with Crippen LogP contribution in [0.15, 0.2) is 60.2 Å². The normalized spacial score (nSPS) is 10.9. The first-order chi connectivity index (χ1) is 10.4. The van der Waals surface area contributed by atoms with Crippen molar-refractivity contribution in [2.24, 2.45) is 0 Å². The molecule has 0 saturated carbocycles. The molecule has 0 radical (unpaired) electrons. The van der Waals surface area contributed by atoms with Gasteiger partial charge in [0.2, 0.25) is 0 Å². The van der Waals surface area contributed by atoms with Crippen molar-refractivity contribution < 1.29 is 0 Å². The molecule has 0 spiro atoms. The van der Waals surface area contributed by atoms with Crippen molar-refractivity contribution in [3.05, 3.63) is 60.2 Å². The molecule has 0 saturated heterocycles. The number of nitrogens with one attached hydrogen (secondary N) is 2. The van der Waals surface area contributed by atoms with E-state index >= 15 is 0 Å². The number of hydrogen-bond donors (Lipinski definition) is 2. The lowest BCUT2D eigenvalue weighted by Crippen LogP contribution is -1.89. The van der Waals surface area contributed by atoms with Crippen LogP contribution in [0, 0.1) is 0 Å². The molecule has 3 aromatic heterocycles. The number of thiazole rings is 1. The fourth-order valence-corrected chi connectivity index (χ4v) is 3.01. The van der Waals surface area contributed by atoms with Crippen molar-refractivity contribution >= 4 is 33.2 Å². The number of pyridine rings is 1. The number of rotatable bonds is 3. The standard InChI is InChI=1S/C16H12N4S/c1-2-4-11(5-3-1)19-16-20-14(10-21-16)12-6-8-17-15-13(12)7-9-18-15/h1-10H,(H,17,18)(H,19,20). The average Bonchev–Trinajstić information content (AvgIpc) is 3.16. The van der Waals surface area contributed by atoms with E-state index in [1.165, 1.54) is 0 Å². The molecule has 2 N–H and O–H groups in total. The first-order valence-corrected chi connectivity index (χ1v) is 7.48. The van der Waals surface area contributed by atoms with Gasteiger partial charge in [-0.1, -0.05) is 18.2 Å². The van der Waals surface area contributed by atoms with Crippen LogP contribution in [0.5, 0.6) is 0 Å². The maximum atomic E-state index is 4.67. The van der Waals surface area contributed by atoms with Gasteiger partial charge in [-0.05, 0) is 24.3 Å². The van der Waals surface area contributed by atoms with Crippen LogP contribution in [-0.4, -0.2) is 15.0 Å². The predicted octanol–water partition coefficient (Wildman–Crippen LogP) is 4.43. The van der Waals surface area contributed by atoms with Gasteiger partial charge in [0.25, 0.3) is 0 Å². The summed E-state index contributed by atoms with van der Waals surface area (Å²) in [4.78, 5) is 12.1. The van der Waals surface area contributed by atoms with Gasteiger partial charge in [0, 0.05) is 34.4 Å². The minimum absolute atomic E-state index is 0.886. The minimum atomic E-state index is 0.886. The largest absolute Gasteiger partial charge is 0.346 e. The van der Waals surface area contributed by atoms with Gasteiger partial charge in [0.15, 0.2) is 5.13 Å². The van der Waals surface area contributed by atoms with Gasteiger partial charge < -0.3 is 10.3 Å². The topological polar surface area (TPSA) is 53.6 Å². The smallest absolute Gasteiger partial charge is 0.187 e. The summed E-state index contributed by atoms with van der Waals surface area (Å²) in [6.07, 6.45) is 3.70. The van der Waals surface area contributed by atoms with Gasteiger partial charge in [-0.3, -0.25) is 0 Å². The maximum Gasteiger partial charge on any atom is 0.187 e. The zero-order valence-corrected chi connectivity index (χ0v) is 11.9. The van der Waals surface area contributed by atoms with E-state index in [4.69, 9.17) is 0 Å². The molecule has 21 heavy (non-hydrogen) atoms. The molecule has 102 valence electrons. The number of benzene rings is 1. The van der Waals surface area contributed by atoms with Crippen molar-refractivity contribution in [2.75, 3.05) is 5.32 Å². The molecule has 0 atom stereocenters. The van der Waals surface area contributed by atoms with Crippen LogP contribution in [0.3, 0.4) is 0 Å². The zero-order valence-electron chi connectivity index (χ0n) is 11.1. The molecule has 4 aromatic rings. The summed E-state index contributed by atoms with van der Waals surface area (Å²) in [6.45, 7) is 0. The summed E-state index contributed by atoms with van der Waals surface area (Å²) in [6, 6.07) is 14.1. The third-order valence-electron chi connectivity index (χ3n) is 3.27. The second-order valence-corrected chi connectivity index (χ2v) is 5.49. The minimum Gasteiger partial charge on any atom is -0.346 e. The molecular formula is C16H12N4S. The summed E-state index contributed by atoms with van der Waals surface area (Å²) in [5, 5.41) is 7.36. The van der Waals surface area contributed by atoms with E-state index < -0.39 is 0 Å². The molecule has 0 amide bonds. The molecule has 0 aliphatic rings. The Bertz CT molecular complexity index is 879. The number of H-pyrrole nitrogens is 1. The van der Waals surface area contributed by atoms with Crippen molar-refractivity contribution in [1.29, 1.82) is 0 Å². The van der Waals surface area contributed by atoms with Crippen LogP contribution in [0.1, 0.15) is 0 Å². The lowest BCUT2D eigenvalue weighted by atomic mass is 10.1. The third-order valence-corrected chi connectivity index (χ3v) is 4.02. The fraction of sp³-hybridized carbons (Fsp3) is 0. The Morgan fingerprint density at radius 2 is 1.95 bits per heavy atom. The van der Waals surface area contributed by atoms with Crippen molar-refractivity contribution in [3.8, 4) is 11.3 Å². The van der Waals surface area contributed by atoms with E-state index in [9.17, 15) is 0 Å². The number of aromatic amines is 1. The van der Waals surface area contributed by atoms with E-state index in [1.54, 1.807) is 17.5 Å². The Kier molecular flexibility index (Phi) is 2.90. The highest BCUT2D eigenvalue weighted by Crippen LogP contribution is 2.30. The number of aromatic nitrogens is 3. The monoisotopic (exact) mass is 292 g/mol. The Morgan fingerprint density at radius 3 is 2.86 bits per heavy atom. The highest BCUT2D eigenvalue weighted by Gasteiger charge is 2.09. The van der Waals surface area contributed by atoms with E-state index in [2.05, 4.69) is 25.6 Å². The maximum absolute atomic E-state index is 4.67. The van der Waals surface area contributed by atoms with Gasteiger partial charge in [-0.2, -0.15) is 0 Å². The summed E-state index contributed by atoms with van der Waals surface area (Å²) < 4.78 is 0. The summed E-state index contributed by atoms with van der Waals surface area (Å²) in [7, 11) is 0. The zero-order chi connectivity index (χ0) is 14.1. The highest BCUT2D eigenvalue weighted by atomic mass is 32.1. The number of para-hydroxylation sites is 1. The quantitative estimate of drug-likeness (QED) is 0.587. The second kappa shape index (κ2) is 5.03. The summed E-state index contributed by atoms with van der Waals surface area (Å²) >= 11 is 1.60. The van der Waals surface area contributed by atoms with Crippen LogP contribution < -0.4 is 5.32 Å². The van der Waals surface area contributed by atoms with Crippen LogP contribution in [-0.2, 0) is 0 Å². The molecule has 0 bridgehead atoms. The number of fused-ring (bicyclic) bond motifs is 1. The van der Waals surface area contributed by atoms with Gasteiger partial charge in [-0.15, -0.1) is 11.3 Å².